The minimum absolute atomic E-state index is 0.0730. The second-order valence-electron chi connectivity index (χ2n) is 4.66. The first-order valence-electron chi connectivity index (χ1n) is 6.06. The number of fused-ring (bicyclic) bond motifs is 1. The number of anilines is 1. The Morgan fingerprint density at radius 2 is 1.74 bits per heavy atom. The molecule has 1 heterocycles. The predicted octanol–water partition coefficient (Wildman–Crippen LogP) is 3.08. The van der Waals surface area contributed by atoms with Crippen molar-refractivity contribution in [2.24, 2.45) is 0 Å². The number of nitrogens with two attached hydrogens (primary N) is 1. The van der Waals surface area contributed by atoms with Crippen LogP contribution in [0.25, 0.3) is 0 Å². The lowest BCUT2D eigenvalue weighted by molar-refractivity contribution is 0.0752. The smallest absolute Gasteiger partial charge is 0.256 e. The van der Waals surface area contributed by atoms with Gasteiger partial charge in [0.1, 0.15) is 0 Å². The zero-order valence-electron chi connectivity index (χ0n) is 10.3. The van der Waals surface area contributed by atoms with Gasteiger partial charge in [0.15, 0.2) is 0 Å². The SMILES string of the molecule is Nc1ccc(Cl)cc1C(=O)N1Cc2ccccc2C1. The molecule has 0 fully saturated rings. The van der Waals surface area contributed by atoms with E-state index in [1.807, 2.05) is 24.3 Å². The highest BCUT2D eigenvalue weighted by Gasteiger charge is 2.25. The maximum absolute atomic E-state index is 12.5. The van der Waals surface area contributed by atoms with E-state index in [1.165, 1.54) is 11.1 Å². The topological polar surface area (TPSA) is 46.3 Å². The van der Waals surface area contributed by atoms with Crippen LogP contribution in [0.15, 0.2) is 42.5 Å². The summed E-state index contributed by atoms with van der Waals surface area (Å²) in [6.07, 6.45) is 0. The Hall–Kier alpha value is -2.00. The van der Waals surface area contributed by atoms with Crippen molar-refractivity contribution < 1.29 is 4.79 Å². The van der Waals surface area contributed by atoms with E-state index in [4.69, 9.17) is 17.3 Å². The molecule has 2 N–H and O–H groups in total. The summed E-state index contributed by atoms with van der Waals surface area (Å²) in [5.74, 6) is -0.0730. The molecule has 2 aromatic carbocycles. The van der Waals surface area contributed by atoms with Crippen molar-refractivity contribution in [3.05, 3.63) is 64.2 Å². The van der Waals surface area contributed by atoms with E-state index in [0.29, 0.717) is 29.4 Å². The highest BCUT2D eigenvalue weighted by atomic mass is 35.5. The monoisotopic (exact) mass is 272 g/mol. The average Bonchev–Trinajstić information content (AvgIpc) is 2.84. The molecular weight excluding hydrogens is 260 g/mol. The van der Waals surface area contributed by atoms with Gasteiger partial charge < -0.3 is 10.6 Å². The number of nitrogens with zero attached hydrogens (tertiary/aromatic N) is 1. The highest BCUT2D eigenvalue weighted by Crippen LogP contribution is 2.26. The molecule has 4 heteroatoms. The Balaban J connectivity index is 1.89. The number of halogens is 1. The Kier molecular flexibility index (Phi) is 2.91. The quantitative estimate of drug-likeness (QED) is 0.811. The standard InChI is InChI=1S/C15H13ClN2O/c16-12-5-6-14(17)13(7-12)15(19)18-8-10-3-1-2-4-11(10)9-18/h1-7H,8-9,17H2. The minimum atomic E-state index is -0.0730. The third-order valence-corrected chi connectivity index (χ3v) is 3.61. The Morgan fingerprint density at radius 3 is 2.37 bits per heavy atom. The summed E-state index contributed by atoms with van der Waals surface area (Å²) in [6, 6.07) is 13.0. The molecule has 0 bridgehead atoms. The Labute approximate surface area is 116 Å². The van der Waals surface area contributed by atoms with Gasteiger partial charge in [0.25, 0.3) is 5.91 Å². The molecule has 0 saturated carbocycles. The van der Waals surface area contributed by atoms with Crippen LogP contribution in [0.3, 0.4) is 0 Å². The van der Waals surface area contributed by atoms with Gasteiger partial charge in [-0.05, 0) is 29.3 Å². The first-order valence-corrected chi connectivity index (χ1v) is 6.44. The van der Waals surface area contributed by atoms with Gasteiger partial charge >= 0.3 is 0 Å². The lowest BCUT2D eigenvalue weighted by Gasteiger charge is -2.16. The van der Waals surface area contributed by atoms with Gasteiger partial charge in [-0.2, -0.15) is 0 Å². The number of hydrogen-bond acceptors (Lipinski definition) is 2. The fourth-order valence-corrected chi connectivity index (χ4v) is 2.53. The maximum Gasteiger partial charge on any atom is 0.256 e. The van der Waals surface area contributed by atoms with Crippen molar-refractivity contribution >= 4 is 23.2 Å². The Bertz CT molecular complexity index is 629. The molecule has 1 aliphatic heterocycles. The van der Waals surface area contributed by atoms with Crippen molar-refractivity contribution in [1.82, 2.24) is 4.90 Å². The van der Waals surface area contributed by atoms with E-state index in [1.54, 1.807) is 23.1 Å². The molecule has 0 radical (unpaired) electrons. The second kappa shape index (κ2) is 4.59. The fourth-order valence-electron chi connectivity index (χ4n) is 2.36. The van der Waals surface area contributed by atoms with Crippen LogP contribution in [0.1, 0.15) is 21.5 Å². The zero-order valence-corrected chi connectivity index (χ0v) is 11.0. The molecule has 1 aliphatic rings. The van der Waals surface area contributed by atoms with Gasteiger partial charge in [-0.15, -0.1) is 0 Å². The summed E-state index contributed by atoms with van der Waals surface area (Å²) in [4.78, 5) is 14.3. The van der Waals surface area contributed by atoms with Crippen LogP contribution in [0.4, 0.5) is 5.69 Å². The molecule has 3 rings (SSSR count). The molecule has 0 aromatic heterocycles. The molecule has 0 saturated heterocycles. The lowest BCUT2D eigenvalue weighted by atomic mass is 10.1. The van der Waals surface area contributed by atoms with Crippen LogP contribution >= 0.6 is 11.6 Å². The molecule has 19 heavy (non-hydrogen) atoms. The lowest BCUT2D eigenvalue weighted by Crippen LogP contribution is -2.26. The molecule has 0 atom stereocenters. The van der Waals surface area contributed by atoms with Crippen molar-refractivity contribution in [3.8, 4) is 0 Å². The van der Waals surface area contributed by atoms with Crippen LogP contribution in [-0.2, 0) is 13.1 Å². The normalized spacial score (nSPS) is 13.4. The highest BCUT2D eigenvalue weighted by molar-refractivity contribution is 6.31. The van der Waals surface area contributed by atoms with Gasteiger partial charge in [0.05, 0.1) is 5.56 Å². The molecule has 96 valence electrons. The van der Waals surface area contributed by atoms with Gasteiger partial charge in [-0.3, -0.25) is 4.79 Å². The van der Waals surface area contributed by atoms with Crippen LogP contribution in [0, 0.1) is 0 Å². The number of benzene rings is 2. The predicted molar refractivity (Wildman–Crippen MR) is 75.9 cm³/mol. The number of carbonyl (C=O) groups is 1. The summed E-state index contributed by atoms with van der Waals surface area (Å²) >= 11 is 5.93. The average molecular weight is 273 g/mol. The summed E-state index contributed by atoms with van der Waals surface area (Å²) in [5.41, 5.74) is 9.18. The number of hydrogen-bond donors (Lipinski definition) is 1. The number of nitrogen functional groups attached to an aromatic ring is 1. The third-order valence-electron chi connectivity index (χ3n) is 3.37. The maximum atomic E-state index is 12.5. The third kappa shape index (κ3) is 2.17. The minimum Gasteiger partial charge on any atom is -0.398 e. The molecule has 0 spiro atoms. The van der Waals surface area contributed by atoms with Crippen LogP contribution in [0.5, 0.6) is 0 Å². The molecule has 1 amide bonds. The largest absolute Gasteiger partial charge is 0.398 e. The van der Waals surface area contributed by atoms with Crippen molar-refractivity contribution in [2.75, 3.05) is 5.73 Å². The van der Waals surface area contributed by atoms with E-state index in [0.717, 1.165) is 0 Å². The summed E-state index contributed by atoms with van der Waals surface area (Å²) < 4.78 is 0. The van der Waals surface area contributed by atoms with Gasteiger partial charge in [-0.25, -0.2) is 0 Å². The molecular formula is C15H13ClN2O. The number of carbonyl (C=O) groups excluding carboxylic acids is 1. The molecule has 2 aromatic rings. The number of amides is 1. The Morgan fingerprint density at radius 1 is 1.11 bits per heavy atom. The molecule has 3 nitrogen and oxygen atoms in total. The zero-order chi connectivity index (χ0) is 13.4. The van der Waals surface area contributed by atoms with E-state index in [9.17, 15) is 4.79 Å². The van der Waals surface area contributed by atoms with Crippen LogP contribution < -0.4 is 5.73 Å². The van der Waals surface area contributed by atoms with E-state index in [2.05, 4.69) is 0 Å². The first-order chi connectivity index (χ1) is 9.15. The number of rotatable bonds is 1. The van der Waals surface area contributed by atoms with Crippen molar-refractivity contribution in [1.29, 1.82) is 0 Å². The fraction of sp³-hybridized carbons (Fsp3) is 0.133. The van der Waals surface area contributed by atoms with Crippen LogP contribution in [-0.4, -0.2) is 10.8 Å². The first kappa shape index (κ1) is 12.1. The second-order valence-corrected chi connectivity index (χ2v) is 5.10. The molecule has 0 aliphatic carbocycles. The summed E-state index contributed by atoms with van der Waals surface area (Å²) in [6.45, 7) is 1.25. The van der Waals surface area contributed by atoms with Gasteiger partial charge in [-0.1, -0.05) is 35.9 Å². The van der Waals surface area contributed by atoms with Crippen molar-refractivity contribution in [3.63, 3.8) is 0 Å². The molecule has 0 unspecified atom stereocenters. The van der Waals surface area contributed by atoms with Gasteiger partial charge in [0, 0.05) is 23.8 Å². The van der Waals surface area contributed by atoms with Gasteiger partial charge in [0.2, 0.25) is 0 Å². The summed E-state index contributed by atoms with van der Waals surface area (Å²) in [5, 5.41) is 0.522. The van der Waals surface area contributed by atoms with Crippen molar-refractivity contribution in [2.45, 2.75) is 13.1 Å². The van der Waals surface area contributed by atoms with E-state index >= 15 is 0 Å². The van der Waals surface area contributed by atoms with E-state index < -0.39 is 0 Å². The van der Waals surface area contributed by atoms with E-state index in [-0.39, 0.29) is 5.91 Å². The summed E-state index contributed by atoms with van der Waals surface area (Å²) in [7, 11) is 0. The van der Waals surface area contributed by atoms with Crippen LogP contribution in [0.2, 0.25) is 5.02 Å².